The Labute approximate surface area is 91.5 Å². The van der Waals surface area contributed by atoms with Gasteiger partial charge in [-0.1, -0.05) is 27.7 Å². The van der Waals surface area contributed by atoms with E-state index in [-0.39, 0.29) is 11.5 Å². The molecular weight excluding hydrogens is 192 g/mol. The summed E-state index contributed by atoms with van der Waals surface area (Å²) in [5.41, 5.74) is 0.179. The Balaban J connectivity index is 4.54. The zero-order chi connectivity index (χ0) is 12.1. The van der Waals surface area contributed by atoms with Crippen LogP contribution >= 0.6 is 0 Å². The van der Waals surface area contributed by atoms with Gasteiger partial charge in [0, 0.05) is 30.5 Å². The minimum atomic E-state index is -1.94. The van der Waals surface area contributed by atoms with Gasteiger partial charge in [0.2, 0.25) is 0 Å². The molecule has 4 N–H and O–H groups in total. The maximum absolute atomic E-state index is 9.71. The van der Waals surface area contributed by atoms with E-state index in [1.165, 1.54) is 6.20 Å². The van der Waals surface area contributed by atoms with Crippen LogP contribution in [-0.2, 0) is 0 Å². The lowest BCUT2D eigenvalue weighted by atomic mass is 9.96. The van der Waals surface area contributed by atoms with E-state index in [0.29, 0.717) is 5.92 Å². The first kappa shape index (κ1) is 14.1. The van der Waals surface area contributed by atoms with Crippen molar-refractivity contribution in [2.75, 3.05) is 6.54 Å². The Morgan fingerprint density at radius 1 is 1.33 bits per heavy atom. The lowest BCUT2D eigenvalue weighted by Crippen LogP contribution is -2.38. The van der Waals surface area contributed by atoms with Crippen molar-refractivity contribution in [2.45, 2.75) is 33.5 Å². The van der Waals surface area contributed by atoms with Crippen LogP contribution in [0.2, 0.25) is 0 Å². The molecule has 15 heavy (non-hydrogen) atoms. The van der Waals surface area contributed by atoms with Crippen molar-refractivity contribution in [3.63, 3.8) is 0 Å². The molecule has 0 aliphatic carbocycles. The second-order valence-electron chi connectivity index (χ2n) is 4.43. The first-order chi connectivity index (χ1) is 6.82. The summed E-state index contributed by atoms with van der Waals surface area (Å²) in [6.07, 6.45) is 2.46. The van der Waals surface area contributed by atoms with E-state index >= 15 is 0 Å². The van der Waals surface area contributed by atoms with Crippen molar-refractivity contribution in [1.82, 2.24) is 5.32 Å². The molecule has 4 nitrogen and oxygen atoms in total. The van der Waals surface area contributed by atoms with Gasteiger partial charge in [-0.25, -0.2) is 0 Å². The first-order valence-electron chi connectivity index (χ1n) is 5.21. The topological polar surface area (TPSA) is 76.3 Å². The monoisotopic (exact) mass is 214 g/mol. The standard InChI is InChI=1S/C11H22N2O2/c1-8(2)6-13-7-10(5-12)11(14,15)9(3)4/h5,7-9,12-15H,6H2,1-4H3/b10-7+,12-5?. The molecule has 0 unspecified atom stereocenters. The molecule has 0 spiro atoms. The average molecular weight is 214 g/mol. The van der Waals surface area contributed by atoms with Crippen molar-refractivity contribution in [3.8, 4) is 0 Å². The Morgan fingerprint density at radius 2 is 1.87 bits per heavy atom. The maximum Gasteiger partial charge on any atom is 0.195 e. The van der Waals surface area contributed by atoms with Gasteiger partial charge in [0.1, 0.15) is 0 Å². The van der Waals surface area contributed by atoms with Crippen LogP contribution in [0, 0.1) is 17.2 Å². The predicted octanol–water partition coefficient (Wildman–Crippen LogP) is 1.10. The van der Waals surface area contributed by atoms with E-state index in [1.807, 2.05) is 0 Å². The van der Waals surface area contributed by atoms with Crippen LogP contribution in [0.3, 0.4) is 0 Å². The van der Waals surface area contributed by atoms with Crippen LogP contribution in [0.5, 0.6) is 0 Å². The minimum absolute atomic E-state index is 0.179. The second kappa shape index (κ2) is 5.88. The summed E-state index contributed by atoms with van der Waals surface area (Å²) in [6.45, 7) is 8.24. The Kier molecular flexibility index (Phi) is 5.54. The lowest BCUT2D eigenvalue weighted by molar-refractivity contribution is -0.155. The molecular formula is C11H22N2O2. The summed E-state index contributed by atoms with van der Waals surface area (Å²) in [6, 6.07) is 0. The van der Waals surface area contributed by atoms with Crippen molar-refractivity contribution in [1.29, 1.82) is 5.41 Å². The third-order valence-corrected chi connectivity index (χ3v) is 2.17. The fourth-order valence-electron chi connectivity index (χ4n) is 0.992. The largest absolute Gasteiger partial charge is 0.390 e. The zero-order valence-corrected chi connectivity index (χ0v) is 9.91. The molecule has 0 atom stereocenters. The zero-order valence-electron chi connectivity index (χ0n) is 9.91. The molecule has 0 rings (SSSR count). The summed E-state index contributed by atoms with van der Waals surface area (Å²) in [5.74, 6) is -1.82. The minimum Gasteiger partial charge on any atom is -0.390 e. The van der Waals surface area contributed by atoms with Gasteiger partial charge in [-0.15, -0.1) is 0 Å². The maximum atomic E-state index is 9.71. The van der Waals surface area contributed by atoms with Crippen LogP contribution in [0.25, 0.3) is 0 Å². The Morgan fingerprint density at radius 3 is 2.20 bits per heavy atom. The molecule has 0 aliphatic rings. The van der Waals surface area contributed by atoms with E-state index in [2.05, 4.69) is 19.2 Å². The molecule has 88 valence electrons. The molecule has 0 heterocycles. The van der Waals surface area contributed by atoms with Crippen LogP contribution in [0.4, 0.5) is 0 Å². The fourth-order valence-corrected chi connectivity index (χ4v) is 0.992. The summed E-state index contributed by atoms with van der Waals surface area (Å²) >= 11 is 0. The quantitative estimate of drug-likeness (QED) is 0.395. The molecule has 0 saturated carbocycles. The Bertz CT molecular complexity index is 233. The number of rotatable bonds is 6. The average Bonchev–Trinajstić information content (AvgIpc) is 2.11. The Hall–Kier alpha value is -0.870. The van der Waals surface area contributed by atoms with Crippen molar-refractivity contribution < 1.29 is 10.2 Å². The molecule has 0 aromatic heterocycles. The van der Waals surface area contributed by atoms with E-state index in [0.717, 1.165) is 12.8 Å². The highest BCUT2D eigenvalue weighted by atomic mass is 16.5. The van der Waals surface area contributed by atoms with Gasteiger partial charge in [0.05, 0.1) is 0 Å². The SMILES string of the molecule is CC(C)CN/C=C(\C=N)C(O)(O)C(C)C. The van der Waals surface area contributed by atoms with Gasteiger partial charge in [0.25, 0.3) is 0 Å². The highest BCUT2D eigenvalue weighted by Crippen LogP contribution is 2.20. The number of hydrogen-bond donors (Lipinski definition) is 4. The molecule has 4 heteroatoms. The van der Waals surface area contributed by atoms with Crippen LogP contribution in [0.15, 0.2) is 11.8 Å². The van der Waals surface area contributed by atoms with Crippen molar-refractivity contribution in [2.24, 2.45) is 11.8 Å². The molecule has 0 amide bonds. The molecule has 0 aromatic rings. The smallest absolute Gasteiger partial charge is 0.195 e. The van der Waals surface area contributed by atoms with Gasteiger partial charge >= 0.3 is 0 Å². The van der Waals surface area contributed by atoms with Gasteiger partial charge in [-0.3, -0.25) is 0 Å². The summed E-state index contributed by atoms with van der Waals surface area (Å²) < 4.78 is 0. The lowest BCUT2D eigenvalue weighted by Gasteiger charge is -2.26. The highest BCUT2D eigenvalue weighted by Gasteiger charge is 2.31. The number of aliphatic hydroxyl groups is 2. The summed E-state index contributed by atoms with van der Waals surface area (Å²) in [5, 5.41) is 29.5. The van der Waals surface area contributed by atoms with Crippen LogP contribution in [0.1, 0.15) is 27.7 Å². The van der Waals surface area contributed by atoms with E-state index in [1.54, 1.807) is 13.8 Å². The molecule has 0 saturated heterocycles. The third kappa shape index (κ3) is 4.44. The normalized spacial score (nSPS) is 13.5. The van der Waals surface area contributed by atoms with E-state index in [9.17, 15) is 10.2 Å². The first-order valence-corrected chi connectivity index (χ1v) is 5.21. The molecule has 0 aliphatic heterocycles. The van der Waals surface area contributed by atoms with Crippen LogP contribution in [-0.4, -0.2) is 28.8 Å². The highest BCUT2D eigenvalue weighted by molar-refractivity contribution is 5.77. The molecule has 0 fully saturated rings. The second-order valence-corrected chi connectivity index (χ2v) is 4.43. The van der Waals surface area contributed by atoms with E-state index < -0.39 is 5.79 Å². The van der Waals surface area contributed by atoms with Crippen molar-refractivity contribution >= 4 is 6.21 Å². The summed E-state index contributed by atoms with van der Waals surface area (Å²) in [4.78, 5) is 0. The van der Waals surface area contributed by atoms with Gasteiger partial charge in [-0.05, 0) is 5.92 Å². The fraction of sp³-hybridized carbons (Fsp3) is 0.727. The predicted molar refractivity (Wildman–Crippen MR) is 61.7 cm³/mol. The molecule has 0 bridgehead atoms. The molecule has 0 radical (unpaired) electrons. The van der Waals surface area contributed by atoms with Gasteiger partial charge < -0.3 is 20.9 Å². The molecule has 0 aromatic carbocycles. The number of nitrogens with one attached hydrogen (secondary N) is 2. The van der Waals surface area contributed by atoms with Crippen LogP contribution < -0.4 is 5.32 Å². The van der Waals surface area contributed by atoms with Gasteiger partial charge in [-0.2, -0.15) is 0 Å². The van der Waals surface area contributed by atoms with Crippen molar-refractivity contribution in [3.05, 3.63) is 11.8 Å². The van der Waals surface area contributed by atoms with E-state index in [4.69, 9.17) is 5.41 Å². The van der Waals surface area contributed by atoms with Gasteiger partial charge in [0.15, 0.2) is 5.79 Å². The third-order valence-electron chi connectivity index (χ3n) is 2.17. The summed E-state index contributed by atoms with van der Waals surface area (Å²) in [7, 11) is 0. The number of hydrogen-bond acceptors (Lipinski definition) is 4.